The van der Waals surface area contributed by atoms with Crippen molar-refractivity contribution in [2.24, 2.45) is 0 Å². The van der Waals surface area contributed by atoms with Gasteiger partial charge >= 0.3 is 0 Å². The van der Waals surface area contributed by atoms with Gasteiger partial charge in [-0.3, -0.25) is 0 Å². The molecule has 0 spiro atoms. The third kappa shape index (κ3) is 3.24. The van der Waals surface area contributed by atoms with Gasteiger partial charge in [0.2, 0.25) is 0 Å². The minimum absolute atomic E-state index is 0.00750. The number of hydrogen-bond donors (Lipinski definition) is 1. The Morgan fingerprint density at radius 1 is 1.00 bits per heavy atom. The SMILES string of the molecule is CC(C)(C)c1cc(C(C)(C)C)n(-c2ccc(Cl)cc2N)n1. The monoisotopic (exact) mass is 305 g/mol. The fourth-order valence-corrected chi connectivity index (χ4v) is 2.36. The first kappa shape index (κ1) is 15.9. The van der Waals surface area contributed by atoms with Crippen LogP contribution in [0.3, 0.4) is 0 Å². The zero-order chi connectivity index (χ0) is 16.0. The molecule has 3 nitrogen and oxygen atoms in total. The molecule has 0 aliphatic rings. The summed E-state index contributed by atoms with van der Waals surface area (Å²) in [4.78, 5) is 0. The molecule has 0 unspecified atom stereocenters. The third-order valence-electron chi connectivity index (χ3n) is 3.46. The van der Waals surface area contributed by atoms with Crippen LogP contribution in [0.5, 0.6) is 0 Å². The summed E-state index contributed by atoms with van der Waals surface area (Å²) in [6.07, 6.45) is 0. The maximum Gasteiger partial charge on any atom is 0.0879 e. The van der Waals surface area contributed by atoms with E-state index in [0.29, 0.717) is 10.7 Å². The van der Waals surface area contributed by atoms with Crippen molar-refractivity contribution >= 4 is 17.3 Å². The van der Waals surface area contributed by atoms with E-state index in [4.69, 9.17) is 22.4 Å². The van der Waals surface area contributed by atoms with E-state index < -0.39 is 0 Å². The van der Waals surface area contributed by atoms with E-state index in [-0.39, 0.29) is 10.8 Å². The highest BCUT2D eigenvalue weighted by atomic mass is 35.5. The predicted octanol–water partition coefficient (Wildman–Crippen LogP) is 4.70. The van der Waals surface area contributed by atoms with Crippen molar-refractivity contribution < 1.29 is 0 Å². The van der Waals surface area contributed by atoms with Crippen molar-refractivity contribution in [3.05, 3.63) is 40.7 Å². The number of halogens is 1. The molecule has 0 aliphatic carbocycles. The molecule has 0 amide bonds. The van der Waals surface area contributed by atoms with Gasteiger partial charge in [0.25, 0.3) is 0 Å². The average Bonchev–Trinajstić information content (AvgIpc) is 2.72. The Morgan fingerprint density at radius 2 is 1.62 bits per heavy atom. The Morgan fingerprint density at radius 3 is 2.10 bits per heavy atom. The number of anilines is 1. The lowest BCUT2D eigenvalue weighted by atomic mass is 9.88. The maximum absolute atomic E-state index is 6.14. The van der Waals surface area contributed by atoms with Gasteiger partial charge in [0.05, 0.1) is 17.1 Å². The summed E-state index contributed by atoms with van der Waals surface area (Å²) in [7, 11) is 0. The van der Waals surface area contributed by atoms with E-state index in [1.807, 2.05) is 16.8 Å². The van der Waals surface area contributed by atoms with Gasteiger partial charge in [-0.1, -0.05) is 53.1 Å². The standard InChI is InChI=1S/C17H24ClN3/c1-16(2,3)14-10-15(17(4,5)6)21(20-14)13-8-7-11(18)9-12(13)19/h7-10H,19H2,1-6H3. The van der Waals surface area contributed by atoms with Crippen LogP contribution in [0.1, 0.15) is 52.9 Å². The number of benzene rings is 1. The molecule has 0 atom stereocenters. The highest BCUT2D eigenvalue weighted by molar-refractivity contribution is 6.30. The second-order valence-corrected chi connectivity index (χ2v) is 7.97. The second-order valence-electron chi connectivity index (χ2n) is 7.53. The molecule has 0 saturated heterocycles. The summed E-state index contributed by atoms with van der Waals surface area (Å²) in [5.41, 5.74) is 9.81. The fraction of sp³-hybridized carbons (Fsp3) is 0.471. The van der Waals surface area contributed by atoms with Crippen molar-refractivity contribution in [1.82, 2.24) is 9.78 Å². The van der Waals surface area contributed by atoms with Crippen LogP contribution in [0, 0.1) is 0 Å². The van der Waals surface area contributed by atoms with E-state index in [1.165, 1.54) is 0 Å². The smallest absolute Gasteiger partial charge is 0.0879 e. The summed E-state index contributed by atoms with van der Waals surface area (Å²) in [6, 6.07) is 7.71. The van der Waals surface area contributed by atoms with Crippen molar-refractivity contribution in [2.75, 3.05) is 5.73 Å². The lowest BCUT2D eigenvalue weighted by Crippen LogP contribution is -2.18. The number of aromatic nitrogens is 2. The predicted molar refractivity (Wildman–Crippen MR) is 90.4 cm³/mol. The topological polar surface area (TPSA) is 43.8 Å². The van der Waals surface area contributed by atoms with Crippen LogP contribution in [0.25, 0.3) is 5.69 Å². The number of rotatable bonds is 1. The first-order chi connectivity index (χ1) is 9.50. The zero-order valence-electron chi connectivity index (χ0n) is 13.7. The molecule has 1 aromatic carbocycles. The highest BCUT2D eigenvalue weighted by Gasteiger charge is 2.26. The molecule has 0 radical (unpaired) electrons. The van der Waals surface area contributed by atoms with Gasteiger partial charge in [-0.2, -0.15) is 5.10 Å². The molecule has 2 rings (SSSR count). The van der Waals surface area contributed by atoms with Crippen molar-refractivity contribution in [3.63, 3.8) is 0 Å². The zero-order valence-corrected chi connectivity index (χ0v) is 14.4. The molecule has 114 valence electrons. The van der Waals surface area contributed by atoms with E-state index in [0.717, 1.165) is 17.1 Å². The molecule has 4 heteroatoms. The van der Waals surface area contributed by atoms with Crippen LogP contribution in [-0.2, 0) is 10.8 Å². The summed E-state index contributed by atoms with van der Waals surface area (Å²) in [5, 5.41) is 5.44. The second kappa shape index (κ2) is 5.06. The summed E-state index contributed by atoms with van der Waals surface area (Å²) >= 11 is 6.00. The Hall–Kier alpha value is -1.48. The largest absolute Gasteiger partial charge is 0.397 e. The minimum Gasteiger partial charge on any atom is -0.397 e. The quantitative estimate of drug-likeness (QED) is 0.776. The molecule has 2 N–H and O–H groups in total. The molecule has 0 bridgehead atoms. The minimum atomic E-state index is -0.0252. The summed E-state index contributed by atoms with van der Waals surface area (Å²) in [6.45, 7) is 13.0. The normalized spacial score (nSPS) is 12.7. The Balaban J connectivity index is 2.69. The van der Waals surface area contributed by atoms with Gasteiger partial charge in [0, 0.05) is 21.5 Å². The molecular formula is C17H24ClN3. The van der Waals surface area contributed by atoms with Gasteiger partial charge < -0.3 is 5.73 Å². The Kier molecular flexibility index (Phi) is 3.83. The van der Waals surface area contributed by atoms with Gasteiger partial charge in [0.1, 0.15) is 0 Å². The number of nitrogens with zero attached hydrogens (tertiary/aromatic N) is 2. The number of nitrogens with two attached hydrogens (primary N) is 1. The molecule has 0 aliphatic heterocycles. The van der Waals surface area contributed by atoms with Gasteiger partial charge in [-0.15, -0.1) is 0 Å². The molecule has 2 aromatic rings. The fourth-order valence-electron chi connectivity index (χ4n) is 2.18. The first-order valence-electron chi connectivity index (χ1n) is 7.16. The number of hydrogen-bond acceptors (Lipinski definition) is 2. The van der Waals surface area contributed by atoms with Crippen LogP contribution in [-0.4, -0.2) is 9.78 Å². The molecule has 1 aromatic heterocycles. The Bertz CT molecular complexity index is 658. The van der Waals surface area contributed by atoms with Crippen LogP contribution in [0.15, 0.2) is 24.3 Å². The highest BCUT2D eigenvalue weighted by Crippen LogP contribution is 2.32. The molecule has 0 saturated carbocycles. The molecular weight excluding hydrogens is 282 g/mol. The van der Waals surface area contributed by atoms with Crippen LogP contribution in [0.4, 0.5) is 5.69 Å². The molecule has 1 heterocycles. The van der Waals surface area contributed by atoms with E-state index in [9.17, 15) is 0 Å². The van der Waals surface area contributed by atoms with Crippen LogP contribution in [0.2, 0.25) is 5.02 Å². The summed E-state index contributed by atoms with van der Waals surface area (Å²) in [5.74, 6) is 0. The van der Waals surface area contributed by atoms with Gasteiger partial charge in [-0.05, 0) is 24.3 Å². The molecule has 0 fully saturated rings. The lowest BCUT2D eigenvalue weighted by Gasteiger charge is -2.21. The van der Waals surface area contributed by atoms with E-state index >= 15 is 0 Å². The van der Waals surface area contributed by atoms with E-state index in [1.54, 1.807) is 6.07 Å². The van der Waals surface area contributed by atoms with Gasteiger partial charge in [-0.25, -0.2) is 4.68 Å². The van der Waals surface area contributed by atoms with Crippen molar-refractivity contribution in [2.45, 2.75) is 52.4 Å². The Labute approximate surface area is 132 Å². The average molecular weight is 306 g/mol. The first-order valence-corrected chi connectivity index (χ1v) is 7.54. The lowest BCUT2D eigenvalue weighted by molar-refractivity contribution is 0.537. The van der Waals surface area contributed by atoms with Crippen molar-refractivity contribution in [3.8, 4) is 5.69 Å². The summed E-state index contributed by atoms with van der Waals surface area (Å²) < 4.78 is 1.95. The maximum atomic E-state index is 6.14. The van der Waals surface area contributed by atoms with Crippen LogP contribution < -0.4 is 5.73 Å². The van der Waals surface area contributed by atoms with Crippen molar-refractivity contribution in [1.29, 1.82) is 0 Å². The van der Waals surface area contributed by atoms with Crippen LogP contribution >= 0.6 is 11.6 Å². The van der Waals surface area contributed by atoms with E-state index in [2.05, 4.69) is 47.6 Å². The third-order valence-corrected chi connectivity index (χ3v) is 3.70. The molecule has 21 heavy (non-hydrogen) atoms. The van der Waals surface area contributed by atoms with Gasteiger partial charge in [0.15, 0.2) is 0 Å². The number of nitrogen functional groups attached to an aromatic ring is 1.